The Morgan fingerprint density at radius 3 is 2.50 bits per heavy atom. The summed E-state index contributed by atoms with van der Waals surface area (Å²) in [5, 5.41) is 0. The molecule has 148 valence electrons. The van der Waals surface area contributed by atoms with Crippen LogP contribution in [-0.4, -0.2) is 43.2 Å². The van der Waals surface area contributed by atoms with Gasteiger partial charge >= 0.3 is 0 Å². The van der Waals surface area contributed by atoms with E-state index in [1.807, 2.05) is 18.2 Å². The summed E-state index contributed by atoms with van der Waals surface area (Å²) >= 11 is 0. The van der Waals surface area contributed by atoms with Crippen LogP contribution >= 0.6 is 0 Å². The second kappa shape index (κ2) is 7.94. The van der Waals surface area contributed by atoms with Crippen LogP contribution in [0.4, 0.5) is 0 Å². The molecule has 0 aliphatic carbocycles. The van der Waals surface area contributed by atoms with Crippen molar-refractivity contribution in [2.24, 2.45) is 5.73 Å². The highest BCUT2D eigenvalue weighted by molar-refractivity contribution is 5.93. The molecule has 2 saturated heterocycles. The van der Waals surface area contributed by atoms with E-state index in [2.05, 4.69) is 17.0 Å². The molecular weight excluding hydrogens is 352 g/mol. The molecule has 5 nitrogen and oxygen atoms in total. The van der Waals surface area contributed by atoms with Gasteiger partial charge < -0.3 is 15.2 Å². The number of methoxy groups -OCH3 is 1. The minimum atomic E-state index is -0.415. The third-order valence-corrected chi connectivity index (χ3v) is 6.10. The van der Waals surface area contributed by atoms with Crippen LogP contribution in [0.15, 0.2) is 42.5 Å². The zero-order valence-electron chi connectivity index (χ0n) is 16.4. The largest absolute Gasteiger partial charge is 0.496 e. The third-order valence-electron chi connectivity index (χ3n) is 6.10. The molecule has 2 aromatic rings. The Kier molecular flexibility index (Phi) is 5.38. The second-order valence-corrected chi connectivity index (χ2v) is 7.89. The number of nitrogens with zero attached hydrogens (tertiary/aromatic N) is 1. The minimum absolute atomic E-state index is 0.156. The fraction of sp³-hybridized carbons (Fsp3) is 0.435. The van der Waals surface area contributed by atoms with Crippen LogP contribution in [0, 0.1) is 0 Å². The van der Waals surface area contributed by atoms with Crippen molar-refractivity contribution in [2.75, 3.05) is 26.8 Å². The monoisotopic (exact) mass is 380 g/mol. The topological polar surface area (TPSA) is 64.8 Å². The van der Waals surface area contributed by atoms with Crippen LogP contribution in [0.2, 0.25) is 0 Å². The van der Waals surface area contributed by atoms with Crippen LogP contribution in [0.1, 0.15) is 41.6 Å². The number of rotatable bonds is 5. The van der Waals surface area contributed by atoms with Gasteiger partial charge in [-0.05, 0) is 61.1 Å². The predicted molar refractivity (Wildman–Crippen MR) is 109 cm³/mol. The first kappa shape index (κ1) is 19.0. The number of primary amides is 1. The van der Waals surface area contributed by atoms with Crippen molar-refractivity contribution in [3.05, 3.63) is 53.6 Å². The SMILES string of the molecule is COc1ccc(CN2CCC3(CCCO3)CC2)cc1-c1ccc(C(N)=O)cc1. The Balaban J connectivity index is 1.49. The molecule has 2 aliphatic rings. The normalized spacial score (nSPS) is 19.0. The molecule has 1 spiro atoms. The summed E-state index contributed by atoms with van der Waals surface area (Å²) in [6.07, 6.45) is 4.68. The van der Waals surface area contributed by atoms with E-state index in [9.17, 15) is 4.79 Å². The molecule has 2 fully saturated rings. The van der Waals surface area contributed by atoms with Crippen molar-refractivity contribution in [2.45, 2.75) is 37.8 Å². The molecular formula is C23H28N2O3. The summed E-state index contributed by atoms with van der Waals surface area (Å²) in [6, 6.07) is 13.7. The lowest BCUT2D eigenvalue weighted by Crippen LogP contribution is -2.43. The lowest BCUT2D eigenvalue weighted by Gasteiger charge is -2.38. The number of piperidine rings is 1. The highest BCUT2D eigenvalue weighted by Gasteiger charge is 2.38. The lowest BCUT2D eigenvalue weighted by atomic mass is 9.88. The van der Waals surface area contributed by atoms with Crippen molar-refractivity contribution in [3.8, 4) is 16.9 Å². The Hall–Kier alpha value is -2.37. The summed E-state index contributed by atoms with van der Waals surface area (Å²) in [4.78, 5) is 13.8. The number of hydrogen-bond donors (Lipinski definition) is 1. The van der Waals surface area contributed by atoms with Crippen LogP contribution < -0.4 is 10.5 Å². The maximum atomic E-state index is 11.3. The molecule has 0 saturated carbocycles. The smallest absolute Gasteiger partial charge is 0.248 e. The highest BCUT2D eigenvalue weighted by Crippen LogP contribution is 2.36. The highest BCUT2D eigenvalue weighted by atomic mass is 16.5. The van der Waals surface area contributed by atoms with Crippen molar-refractivity contribution in [1.82, 2.24) is 4.90 Å². The average molecular weight is 380 g/mol. The lowest BCUT2D eigenvalue weighted by molar-refractivity contribution is -0.0447. The molecule has 0 aromatic heterocycles. The molecule has 2 aliphatic heterocycles. The number of ether oxygens (including phenoxy) is 2. The van der Waals surface area contributed by atoms with Crippen molar-refractivity contribution in [1.29, 1.82) is 0 Å². The van der Waals surface area contributed by atoms with E-state index in [1.165, 1.54) is 18.4 Å². The van der Waals surface area contributed by atoms with Crippen molar-refractivity contribution >= 4 is 5.91 Å². The number of likely N-dealkylation sites (tertiary alicyclic amines) is 1. The van der Waals surface area contributed by atoms with E-state index in [-0.39, 0.29) is 5.60 Å². The van der Waals surface area contributed by atoms with Gasteiger partial charge in [-0.3, -0.25) is 9.69 Å². The van der Waals surface area contributed by atoms with Gasteiger partial charge in [0, 0.05) is 37.4 Å². The van der Waals surface area contributed by atoms with Crippen LogP contribution in [0.3, 0.4) is 0 Å². The standard InChI is InChI=1S/C23H28N2O3/c1-27-21-8-3-17(15-20(21)18-4-6-19(7-5-18)22(24)26)16-25-12-10-23(11-13-25)9-2-14-28-23/h3-8,15H,2,9-14,16H2,1H3,(H2,24,26). The molecule has 5 heteroatoms. The minimum Gasteiger partial charge on any atom is -0.496 e. The summed E-state index contributed by atoms with van der Waals surface area (Å²) in [6.45, 7) is 4.01. The number of nitrogens with two attached hydrogens (primary N) is 1. The van der Waals surface area contributed by atoms with Gasteiger partial charge in [-0.2, -0.15) is 0 Å². The maximum Gasteiger partial charge on any atom is 0.248 e. The molecule has 1 amide bonds. The Morgan fingerprint density at radius 2 is 1.89 bits per heavy atom. The maximum absolute atomic E-state index is 11.3. The fourth-order valence-electron chi connectivity index (χ4n) is 4.42. The van der Waals surface area contributed by atoms with E-state index in [1.54, 1.807) is 19.2 Å². The zero-order valence-corrected chi connectivity index (χ0v) is 16.4. The molecule has 0 radical (unpaired) electrons. The number of carbonyl (C=O) groups is 1. The van der Waals surface area contributed by atoms with Crippen molar-refractivity contribution < 1.29 is 14.3 Å². The van der Waals surface area contributed by atoms with E-state index in [0.717, 1.165) is 56.0 Å². The van der Waals surface area contributed by atoms with E-state index >= 15 is 0 Å². The van der Waals surface area contributed by atoms with Crippen LogP contribution in [0.5, 0.6) is 5.75 Å². The number of hydrogen-bond acceptors (Lipinski definition) is 4. The van der Waals surface area contributed by atoms with E-state index in [4.69, 9.17) is 15.2 Å². The number of benzene rings is 2. The first-order chi connectivity index (χ1) is 13.6. The average Bonchev–Trinajstić information content (AvgIpc) is 3.18. The number of amides is 1. The van der Waals surface area contributed by atoms with Gasteiger partial charge in [-0.15, -0.1) is 0 Å². The van der Waals surface area contributed by atoms with Gasteiger partial charge in [0.25, 0.3) is 0 Å². The summed E-state index contributed by atoms with van der Waals surface area (Å²) < 4.78 is 11.6. The first-order valence-electron chi connectivity index (χ1n) is 10.0. The van der Waals surface area contributed by atoms with Crippen molar-refractivity contribution in [3.63, 3.8) is 0 Å². The second-order valence-electron chi connectivity index (χ2n) is 7.89. The van der Waals surface area contributed by atoms with Gasteiger partial charge in [-0.25, -0.2) is 0 Å². The first-order valence-corrected chi connectivity index (χ1v) is 10.0. The van der Waals surface area contributed by atoms with Gasteiger partial charge in [0.1, 0.15) is 5.75 Å². The summed E-state index contributed by atoms with van der Waals surface area (Å²) in [5.74, 6) is 0.411. The Morgan fingerprint density at radius 1 is 1.14 bits per heavy atom. The van der Waals surface area contributed by atoms with E-state index in [0.29, 0.717) is 5.56 Å². The molecule has 0 atom stereocenters. The summed E-state index contributed by atoms with van der Waals surface area (Å²) in [5.41, 5.74) is 9.33. The molecule has 28 heavy (non-hydrogen) atoms. The third kappa shape index (κ3) is 3.91. The van der Waals surface area contributed by atoms with Gasteiger partial charge in [-0.1, -0.05) is 18.2 Å². The molecule has 2 N–H and O–H groups in total. The molecule has 0 bridgehead atoms. The predicted octanol–water partition coefficient (Wildman–Crippen LogP) is 3.61. The van der Waals surface area contributed by atoms with Gasteiger partial charge in [0.15, 0.2) is 0 Å². The van der Waals surface area contributed by atoms with Crippen LogP contribution in [0.25, 0.3) is 11.1 Å². The quantitative estimate of drug-likeness (QED) is 0.861. The summed E-state index contributed by atoms with van der Waals surface area (Å²) in [7, 11) is 1.68. The zero-order chi connectivity index (χ0) is 19.6. The molecule has 4 rings (SSSR count). The fourth-order valence-corrected chi connectivity index (χ4v) is 4.42. The number of carbonyl (C=O) groups excluding carboxylic acids is 1. The van der Waals surface area contributed by atoms with Gasteiger partial charge in [0.05, 0.1) is 12.7 Å². The Bertz CT molecular complexity index is 831. The Labute approximate surface area is 166 Å². The van der Waals surface area contributed by atoms with Gasteiger partial charge in [0.2, 0.25) is 5.91 Å². The molecule has 2 aromatic carbocycles. The molecule has 0 unspecified atom stereocenters. The van der Waals surface area contributed by atoms with Crippen LogP contribution in [-0.2, 0) is 11.3 Å². The van der Waals surface area contributed by atoms with E-state index < -0.39 is 5.91 Å². The molecule has 2 heterocycles.